The van der Waals surface area contributed by atoms with E-state index in [2.05, 4.69) is 64.1 Å². The molecule has 0 aliphatic carbocycles. The Morgan fingerprint density at radius 1 is 1.14 bits per heavy atom. The SMILES string of the molecule is Cc1cc2c(cc1NC(=O)Cc1ccccc1)C(C)(N(C)C)C(C)C(C)(C)O2. The highest BCUT2D eigenvalue weighted by molar-refractivity contribution is 5.93. The van der Waals surface area contributed by atoms with Crippen LogP contribution in [0.1, 0.15) is 44.4 Å². The van der Waals surface area contributed by atoms with E-state index in [1.54, 1.807) is 0 Å². The molecule has 4 heteroatoms. The molecule has 0 bridgehead atoms. The normalized spacial score (nSPS) is 23.1. The third-order valence-corrected chi connectivity index (χ3v) is 6.54. The third-order valence-electron chi connectivity index (χ3n) is 6.54. The van der Waals surface area contributed by atoms with Crippen molar-refractivity contribution in [3.63, 3.8) is 0 Å². The van der Waals surface area contributed by atoms with Crippen LogP contribution in [0.3, 0.4) is 0 Å². The van der Waals surface area contributed by atoms with E-state index < -0.39 is 0 Å². The predicted octanol–water partition coefficient (Wildman–Crippen LogP) is 4.76. The average molecular weight is 381 g/mol. The number of hydrogen-bond acceptors (Lipinski definition) is 3. The molecular weight excluding hydrogens is 348 g/mol. The van der Waals surface area contributed by atoms with Crippen LogP contribution < -0.4 is 10.1 Å². The van der Waals surface area contributed by atoms with Gasteiger partial charge in [-0.3, -0.25) is 9.69 Å². The topological polar surface area (TPSA) is 41.6 Å². The Morgan fingerprint density at radius 2 is 1.79 bits per heavy atom. The minimum Gasteiger partial charge on any atom is -0.487 e. The van der Waals surface area contributed by atoms with Gasteiger partial charge in [0.1, 0.15) is 11.4 Å². The maximum absolute atomic E-state index is 12.6. The molecule has 1 N–H and O–H groups in total. The predicted molar refractivity (Wildman–Crippen MR) is 115 cm³/mol. The molecule has 2 aromatic rings. The summed E-state index contributed by atoms with van der Waals surface area (Å²) in [4.78, 5) is 14.9. The van der Waals surface area contributed by atoms with Gasteiger partial charge in [0.25, 0.3) is 0 Å². The Morgan fingerprint density at radius 3 is 2.39 bits per heavy atom. The van der Waals surface area contributed by atoms with Crippen molar-refractivity contribution in [1.29, 1.82) is 0 Å². The van der Waals surface area contributed by atoms with Crippen LogP contribution in [-0.4, -0.2) is 30.5 Å². The fraction of sp³-hybridized carbons (Fsp3) is 0.458. The fourth-order valence-electron chi connectivity index (χ4n) is 4.18. The maximum Gasteiger partial charge on any atom is 0.228 e. The maximum atomic E-state index is 12.6. The number of nitrogens with one attached hydrogen (secondary N) is 1. The van der Waals surface area contributed by atoms with Crippen LogP contribution in [0.25, 0.3) is 0 Å². The number of aryl methyl sites for hydroxylation is 1. The Labute approximate surface area is 168 Å². The van der Waals surface area contributed by atoms with E-state index >= 15 is 0 Å². The molecule has 28 heavy (non-hydrogen) atoms. The minimum absolute atomic E-state index is 0.00841. The summed E-state index contributed by atoms with van der Waals surface area (Å²) in [6.07, 6.45) is 0.363. The molecule has 0 fully saturated rings. The van der Waals surface area contributed by atoms with Gasteiger partial charge in [-0.15, -0.1) is 0 Å². The number of benzene rings is 2. The molecule has 0 saturated heterocycles. The standard InChI is InChI=1S/C24H32N2O2/c1-16-13-21-19(24(5,26(6)7)17(2)23(3,4)28-21)15-20(16)25-22(27)14-18-11-9-8-10-12-18/h8-13,15,17H,14H2,1-7H3,(H,25,27). The van der Waals surface area contributed by atoms with Crippen molar-refractivity contribution in [3.8, 4) is 5.75 Å². The van der Waals surface area contributed by atoms with Gasteiger partial charge < -0.3 is 10.1 Å². The average Bonchev–Trinajstić information content (AvgIpc) is 2.62. The van der Waals surface area contributed by atoms with E-state index in [9.17, 15) is 4.79 Å². The lowest BCUT2D eigenvalue weighted by atomic mass is 9.69. The van der Waals surface area contributed by atoms with Crippen molar-refractivity contribution in [2.45, 2.75) is 52.2 Å². The molecule has 150 valence electrons. The number of nitrogens with zero attached hydrogens (tertiary/aromatic N) is 1. The first kappa shape index (κ1) is 20.4. The molecule has 1 aliphatic heterocycles. The largest absolute Gasteiger partial charge is 0.487 e. The van der Waals surface area contributed by atoms with Crippen molar-refractivity contribution in [2.24, 2.45) is 5.92 Å². The molecule has 1 heterocycles. The molecule has 1 amide bonds. The number of fused-ring (bicyclic) bond motifs is 1. The first-order chi connectivity index (χ1) is 13.1. The Balaban J connectivity index is 1.96. The van der Waals surface area contributed by atoms with Crippen molar-refractivity contribution in [3.05, 3.63) is 59.2 Å². The molecule has 0 spiro atoms. The molecule has 2 unspecified atom stereocenters. The van der Waals surface area contributed by atoms with E-state index in [1.807, 2.05) is 37.3 Å². The van der Waals surface area contributed by atoms with Gasteiger partial charge in [-0.2, -0.15) is 0 Å². The summed E-state index contributed by atoms with van der Waals surface area (Å²) in [5.41, 5.74) is 3.49. The summed E-state index contributed by atoms with van der Waals surface area (Å²) in [5.74, 6) is 1.15. The van der Waals surface area contributed by atoms with Crippen LogP contribution in [-0.2, 0) is 16.8 Å². The molecule has 3 rings (SSSR count). The zero-order chi connectivity index (χ0) is 20.7. The fourth-order valence-corrected chi connectivity index (χ4v) is 4.18. The van der Waals surface area contributed by atoms with Gasteiger partial charge in [0.15, 0.2) is 0 Å². The van der Waals surface area contributed by atoms with Gasteiger partial charge in [0, 0.05) is 17.2 Å². The zero-order valence-electron chi connectivity index (χ0n) is 18.1. The van der Waals surface area contributed by atoms with Gasteiger partial charge in [0.2, 0.25) is 5.91 Å². The van der Waals surface area contributed by atoms with Gasteiger partial charge in [-0.05, 0) is 65.0 Å². The van der Waals surface area contributed by atoms with Crippen molar-refractivity contribution < 1.29 is 9.53 Å². The highest BCUT2D eigenvalue weighted by Crippen LogP contribution is 2.51. The Hall–Kier alpha value is -2.33. The number of carbonyl (C=O) groups excluding carboxylic acids is 1. The lowest BCUT2D eigenvalue weighted by Gasteiger charge is -2.53. The smallest absolute Gasteiger partial charge is 0.228 e. The second kappa shape index (κ2) is 7.25. The van der Waals surface area contributed by atoms with E-state index in [0.29, 0.717) is 6.42 Å². The summed E-state index contributed by atoms with van der Waals surface area (Å²) in [6, 6.07) is 14.0. The molecule has 0 saturated carbocycles. The van der Waals surface area contributed by atoms with Gasteiger partial charge in [-0.1, -0.05) is 37.3 Å². The van der Waals surface area contributed by atoms with Crippen LogP contribution in [0, 0.1) is 12.8 Å². The number of anilines is 1. The molecule has 2 aromatic carbocycles. The number of rotatable bonds is 4. The molecule has 4 nitrogen and oxygen atoms in total. The van der Waals surface area contributed by atoms with E-state index in [4.69, 9.17) is 4.74 Å². The highest BCUT2D eigenvalue weighted by Gasteiger charge is 2.50. The lowest BCUT2D eigenvalue weighted by Crippen LogP contribution is -2.57. The Bertz CT molecular complexity index is 874. The highest BCUT2D eigenvalue weighted by atomic mass is 16.5. The number of hydrogen-bond donors (Lipinski definition) is 1. The van der Waals surface area contributed by atoms with Crippen molar-refractivity contribution in [1.82, 2.24) is 4.90 Å². The number of carbonyl (C=O) groups is 1. The molecular formula is C24H32N2O2. The number of ether oxygens (including phenoxy) is 1. The summed E-state index contributed by atoms with van der Waals surface area (Å²) >= 11 is 0. The van der Waals surface area contributed by atoms with E-state index in [-0.39, 0.29) is 23.0 Å². The van der Waals surface area contributed by atoms with Crippen LogP contribution in [0.4, 0.5) is 5.69 Å². The summed E-state index contributed by atoms with van der Waals surface area (Å²) < 4.78 is 6.37. The van der Waals surface area contributed by atoms with Gasteiger partial charge in [-0.25, -0.2) is 0 Å². The lowest BCUT2D eigenvalue weighted by molar-refractivity contribution is -0.115. The molecule has 0 aromatic heterocycles. The second-order valence-electron chi connectivity index (χ2n) is 8.84. The van der Waals surface area contributed by atoms with Crippen molar-refractivity contribution in [2.75, 3.05) is 19.4 Å². The van der Waals surface area contributed by atoms with Gasteiger partial charge in [0.05, 0.1) is 12.0 Å². The molecule has 2 atom stereocenters. The minimum atomic E-state index is -0.281. The van der Waals surface area contributed by atoms with Crippen LogP contribution in [0.5, 0.6) is 5.75 Å². The first-order valence-electron chi connectivity index (χ1n) is 9.91. The zero-order valence-corrected chi connectivity index (χ0v) is 18.1. The van der Waals surface area contributed by atoms with E-state index in [0.717, 1.165) is 28.1 Å². The second-order valence-corrected chi connectivity index (χ2v) is 8.84. The molecule has 0 radical (unpaired) electrons. The van der Waals surface area contributed by atoms with Gasteiger partial charge >= 0.3 is 0 Å². The summed E-state index contributed by atoms with van der Waals surface area (Å²) in [7, 11) is 4.21. The molecule has 1 aliphatic rings. The van der Waals surface area contributed by atoms with E-state index in [1.165, 1.54) is 0 Å². The van der Waals surface area contributed by atoms with Crippen LogP contribution >= 0.6 is 0 Å². The summed E-state index contributed by atoms with van der Waals surface area (Å²) in [6.45, 7) is 10.8. The third kappa shape index (κ3) is 3.53. The Kier molecular flexibility index (Phi) is 5.28. The quantitative estimate of drug-likeness (QED) is 0.831. The van der Waals surface area contributed by atoms with Crippen LogP contribution in [0.15, 0.2) is 42.5 Å². The monoisotopic (exact) mass is 380 g/mol. The number of amides is 1. The first-order valence-corrected chi connectivity index (χ1v) is 9.91. The summed E-state index contributed by atoms with van der Waals surface area (Å²) in [5, 5.41) is 3.11. The van der Waals surface area contributed by atoms with Crippen molar-refractivity contribution >= 4 is 11.6 Å². The van der Waals surface area contributed by atoms with Crippen LogP contribution in [0.2, 0.25) is 0 Å².